The third-order valence-corrected chi connectivity index (χ3v) is 9.58. The Labute approximate surface area is 210 Å². The Balaban J connectivity index is 1.30. The number of carbonyl (C=O) groups is 1. The van der Waals surface area contributed by atoms with Gasteiger partial charge in [0.15, 0.2) is 0 Å². The van der Waals surface area contributed by atoms with Gasteiger partial charge in [-0.15, -0.1) is 0 Å². The molecule has 4 aliphatic rings. The van der Waals surface area contributed by atoms with Crippen LogP contribution < -0.4 is 10.6 Å². The summed E-state index contributed by atoms with van der Waals surface area (Å²) >= 11 is 0. The second-order valence-corrected chi connectivity index (χ2v) is 11.5. The van der Waals surface area contributed by atoms with Crippen molar-refractivity contribution in [2.24, 2.45) is 11.8 Å². The summed E-state index contributed by atoms with van der Waals surface area (Å²) in [5, 5.41) is 7.15. The number of anilines is 1. The van der Waals surface area contributed by atoms with Crippen molar-refractivity contribution in [3.05, 3.63) is 59.3 Å². The SMILES string of the molecule is Cc1ccc2c(n1)NCC[C@]21CNC[C@H]1C(=O)N1CC[C@@H](c2ccccc2)C[C@H]1C1CCCCC1. The van der Waals surface area contributed by atoms with Crippen LogP contribution in [-0.4, -0.2) is 48.0 Å². The summed E-state index contributed by atoms with van der Waals surface area (Å²) in [6, 6.07) is 15.7. The molecule has 0 radical (unpaired) electrons. The summed E-state index contributed by atoms with van der Waals surface area (Å²) in [5.74, 6) is 2.59. The summed E-state index contributed by atoms with van der Waals surface area (Å²) in [6.45, 7) is 5.48. The molecule has 3 aliphatic heterocycles. The van der Waals surface area contributed by atoms with Gasteiger partial charge in [0.2, 0.25) is 5.91 Å². The number of hydrogen-bond acceptors (Lipinski definition) is 4. The number of hydrogen-bond donors (Lipinski definition) is 2. The monoisotopic (exact) mass is 472 g/mol. The third-order valence-electron chi connectivity index (χ3n) is 9.58. The first-order chi connectivity index (χ1) is 17.2. The molecule has 1 aromatic carbocycles. The fourth-order valence-corrected chi connectivity index (χ4v) is 7.72. The van der Waals surface area contributed by atoms with Crippen LogP contribution in [0.2, 0.25) is 0 Å². The molecule has 1 aliphatic carbocycles. The lowest BCUT2D eigenvalue weighted by Gasteiger charge is -2.48. The lowest BCUT2D eigenvalue weighted by molar-refractivity contribution is -0.142. The van der Waals surface area contributed by atoms with E-state index in [0.29, 0.717) is 23.8 Å². The van der Waals surface area contributed by atoms with Crippen LogP contribution in [0.3, 0.4) is 0 Å². The second kappa shape index (κ2) is 9.57. The predicted molar refractivity (Wildman–Crippen MR) is 141 cm³/mol. The van der Waals surface area contributed by atoms with Crippen LogP contribution in [0.25, 0.3) is 0 Å². The normalized spacial score (nSPS) is 31.2. The molecule has 5 nitrogen and oxygen atoms in total. The highest BCUT2D eigenvalue weighted by molar-refractivity contribution is 5.83. The van der Waals surface area contributed by atoms with Crippen LogP contribution in [0.4, 0.5) is 5.82 Å². The van der Waals surface area contributed by atoms with Gasteiger partial charge in [-0.3, -0.25) is 4.79 Å². The Morgan fingerprint density at radius 2 is 1.89 bits per heavy atom. The zero-order chi connectivity index (χ0) is 23.8. The van der Waals surface area contributed by atoms with E-state index in [-0.39, 0.29) is 11.3 Å². The van der Waals surface area contributed by atoms with Gasteiger partial charge >= 0.3 is 0 Å². The molecule has 0 unspecified atom stereocenters. The van der Waals surface area contributed by atoms with Crippen molar-refractivity contribution in [2.45, 2.75) is 75.7 Å². The van der Waals surface area contributed by atoms with Gasteiger partial charge in [0.25, 0.3) is 0 Å². The minimum absolute atomic E-state index is 0.00720. The van der Waals surface area contributed by atoms with E-state index in [1.807, 2.05) is 6.92 Å². The van der Waals surface area contributed by atoms with Crippen LogP contribution in [0.1, 0.15) is 74.1 Å². The number of likely N-dealkylation sites (tertiary alicyclic amines) is 1. The molecular formula is C30H40N4O. The number of fused-ring (bicyclic) bond motifs is 2. The van der Waals surface area contributed by atoms with Crippen molar-refractivity contribution in [3.63, 3.8) is 0 Å². The molecule has 4 heterocycles. The van der Waals surface area contributed by atoms with E-state index in [1.54, 1.807) is 0 Å². The van der Waals surface area contributed by atoms with Crippen LogP contribution in [-0.2, 0) is 10.2 Å². The molecule has 2 aromatic rings. The number of piperidine rings is 1. The summed E-state index contributed by atoms with van der Waals surface area (Å²) in [5.41, 5.74) is 3.58. The first-order valence-electron chi connectivity index (χ1n) is 13.9. The summed E-state index contributed by atoms with van der Waals surface area (Å²) in [4.78, 5) is 21.7. The number of nitrogens with one attached hydrogen (secondary N) is 2. The zero-order valence-corrected chi connectivity index (χ0v) is 21.1. The van der Waals surface area contributed by atoms with Gasteiger partial charge in [-0.25, -0.2) is 4.98 Å². The van der Waals surface area contributed by atoms with Gasteiger partial charge in [-0.2, -0.15) is 0 Å². The Hall–Kier alpha value is -2.40. The highest BCUT2D eigenvalue weighted by atomic mass is 16.2. The predicted octanol–water partition coefficient (Wildman–Crippen LogP) is 5.02. The highest BCUT2D eigenvalue weighted by Gasteiger charge is 2.53. The Morgan fingerprint density at radius 1 is 1.06 bits per heavy atom. The van der Waals surface area contributed by atoms with E-state index >= 15 is 0 Å². The van der Waals surface area contributed by atoms with Gasteiger partial charge < -0.3 is 15.5 Å². The third kappa shape index (κ3) is 4.16. The molecule has 6 rings (SSSR count). The molecular weight excluding hydrogens is 432 g/mol. The quantitative estimate of drug-likeness (QED) is 0.659. The number of aryl methyl sites for hydroxylation is 1. The van der Waals surface area contributed by atoms with E-state index in [4.69, 9.17) is 4.98 Å². The largest absolute Gasteiger partial charge is 0.370 e. The average Bonchev–Trinajstić information content (AvgIpc) is 3.32. The average molecular weight is 473 g/mol. The standard InChI is InChI=1S/C30H40N4O/c1-21-12-13-25-28(33-21)32-16-15-30(25)20-31-19-26(30)29(35)34-17-14-24(22-8-4-2-5-9-22)18-27(34)23-10-6-3-7-11-23/h2,4-5,8-9,12-13,23-24,26-27,31H,3,6-7,10-11,14-20H2,1H3,(H,32,33)/t24-,26+,27+,30+/m1/s1. The molecule has 0 bridgehead atoms. The molecule has 1 aromatic heterocycles. The van der Waals surface area contributed by atoms with Gasteiger partial charge in [-0.05, 0) is 62.5 Å². The van der Waals surface area contributed by atoms with E-state index in [0.717, 1.165) is 57.0 Å². The lowest BCUT2D eigenvalue weighted by atomic mass is 9.67. The van der Waals surface area contributed by atoms with Crippen molar-refractivity contribution in [1.29, 1.82) is 0 Å². The topological polar surface area (TPSA) is 57.3 Å². The fourth-order valence-electron chi connectivity index (χ4n) is 7.72. The van der Waals surface area contributed by atoms with E-state index in [9.17, 15) is 4.79 Å². The molecule has 35 heavy (non-hydrogen) atoms. The lowest BCUT2D eigenvalue weighted by Crippen LogP contribution is -2.55. The Morgan fingerprint density at radius 3 is 2.71 bits per heavy atom. The molecule has 1 saturated carbocycles. The van der Waals surface area contributed by atoms with Crippen molar-refractivity contribution in [2.75, 3.05) is 31.5 Å². The smallest absolute Gasteiger partial charge is 0.228 e. The molecule has 3 fully saturated rings. The maximum atomic E-state index is 14.5. The highest BCUT2D eigenvalue weighted by Crippen LogP contribution is 2.47. The number of nitrogens with zero attached hydrogens (tertiary/aromatic N) is 2. The molecule has 1 amide bonds. The van der Waals surface area contributed by atoms with Gasteiger partial charge in [-0.1, -0.05) is 55.7 Å². The Kier molecular flexibility index (Phi) is 6.30. The van der Waals surface area contributed by atoms with Crippen LogP contribution in [0.5, 0.6) is 0 Å². The van der Waals surface area contributed by atoms with Gasteiger partial charge in [0, 0.05) is 48.9 Å². The minimum Gasteiger partial charge on any atom is -0.370 e. The zero-order valence-electron chi connectivity index (χ0n) is 21.1. The molecule has 186 valence electrons. The fraction of sp³-hybridized carbons (Fsp3) is 0.600. The molecule has 4 atom stereocenters. The number of carbonyl (C=O) groups excluding carboxylic acids is 1. The van der Waals surface area contributed by atoms with Gasteiger partial charge in [0.1, 0.15) is 5.82 Å². The van der Waals surface area contributed by atoms with E-state index in [1.165, 1.54) is 43.2 Å². The van der Waals surface area contributed by atoms with E-state index in [2.05, 4.69) is 58.0 Å². The van der Waals surface area contributed by atoms with Crippen molar-refractivity contribution in [3.8, 4) is 0 Å². The summed E-state index contributed by atoms with van der Waals surface area (Å²) in [6.07, 6.45) is 9.72. The summed E-state index contributed by atoms with van der Waals surface area (Å²) < 4.78 is 0. The number of benzene rings is 1. The van der Waals surface area contributed by atoms with Crippen LogP contribution >= 0.6 is 0 Å². The van der Waals surface area contributed by atoms with Crippen molar-refractivity contribution < 1.29 is 4.79 Å². The molecule has 2 N–H and O–H groups in total. The van der Waals surface area contributed by atoms with Crippen molar-refractivity contribution in [1.82, 2.24) is 15.2 Å². The van der Waals surface area contributed by atoms with Gasteiger partial charge in [0.05, 0.1) is 5.92 Å². The number of aromatic nitrogens is 1. The van der Waals surface area contributed by atoms with Crippen LogP contribution in [0, 0.1) is 18.8 Å². The number of rotatable bonds is 3. The molecule has 2 saturated heterocycles. The number of amides is 1. The number of pyridine rings is 1. The Bertz CT molecular complexity index is 1050. The molecule has 1 spiro atoms. The first-order valence-corrected chi connectivity index (χ1v) is 13.9. The van der Waals surface area contributed by atoms with E-state index < -0.39 is 0 Å². The first kappa shape index (κ1) is 23.0. The maximum absolute atomic E-state index is 14.5. The maximum Gasteiger partial charge on any atom is 0.228 e. The minimum atomic E-state index is -0.147. The molecule has 5 heteroatoms. The second-order valence-electron chi connectivity index (χ2n) is 11.5. The van der Waals surface area contributed by atoms with Crippen LogP contribution in [0.15, 0.2) is 42.5 Å². The summed E-state index contributed by atoms with van der Waals surface area (Å²) in [7, 11) is 0. The van der Waals surface area contributed by atoms with Crippen molar-refractivity contribution >= 4 is 11.7 Å².